The number of hydrogen-bond donors (Lipinski definition) is 0. The van der Waals surface area contributed by atoms with Gasteiger partial charge in [-0.1, -0.05) is 18.2 Å². The van der Waals surface area contributed by atoms with Crippen LogP contribution >= 0.6 is 0 Å². The highest BCUT2D eigenvalue weighted by Crippen LogP contribution is 2.39. The third kappa shape index (κ3) is 3.93. The average molecular weight is 447 g/mol. The summed E-state index contributed by atoms with van der Waals surface area (Å²) in [4.78, 5) is 15.2. The second-order valence-electron chi connectivity index (χ2n) is 8.64. The molecular formula is C26H27FN4O2. The quantitative estimate of drug-likeness (QED) is 0.562. The van der Waals surface area contributed by atoms with Gasteiger partial charge in [0.1, 0.15) is 11.6 Å². The van der Waals surface area contributed by atoms with E-state index in [-0.39, 0.29) is 5.82 Å². The first-order chi connectivity index (χ1) is 16.0. The summed E-state index contributed by atoms with van der Waals surface area (Å²) in [5, 5.41) is 1.92. The van der Waals surface area contributed by atoms with E-state index >= 15 is 0 Å². The van der Waals surface area contributed by atoms with Crippen molar-refractivity contribution in [2.45, 2.75) is 32.2 Å². The van der Waals surface area contributed by atoms with Crippen molar-refractivity contribution in [1.82, 2.24) is 14.6 Å². The van der Waals surface area contributed by atoms with Crippen LogP contribution in [0.15, 0.2) is 65.6 Å². The van der Waals surface area contributed by atoms with Crippen molar-refractivity contribution in [3.8, 4) is 11.4 Å². The highest BCUT2D eigenvalue weighted by molar-refractivity contribution is 6.02. The molecule has 3 heterocycles. The minimum absolute atomic E-state index is 0.240. The Hall–Kier alpha value is -3.45. The van der Waals surface area contributed by atoms with E-state index in [9.17, 15) is 4.39 Å². The lowest BCUT2D eigenvalue weighted by Crippen LogP contribution is -2.53. The normalized spacial score (nSPS) is 21.6. The Morgan fingerprint density at radius 2 is 2.00 bits per heavy atom. The van der Waals surface area contributed by atoms with Crippen LogP contribution in [0.3, 0.4) is 0 Å². The molecule has 0 radical (unpaired) electrons. The number of ether oxygens (including phenoxy) is 1. The van der Waals surface area contributed by atoms with Crippen LogP contribution in [0.25, 0.3) is 11.8 Å². The number of hydroxylamine groups is 2. The zero-order valence-electron chi connectivity index (χ0n) is 19.1. The molecule has 33 heavy (non-hydrogen) atoms. The van der Waals surface area contributed by atoms with Gasteiger partial charge in [-0.2, -0.15) is 0 Å². The van der Waals surface area contributed by atoms with E-state index in [0.717, 1.165) is 52.5 Å². The number of halogens is 1. The molecule has 0 amide bonds. The summed E-state index contributed by atoms with van der Waals surface area (Å²) in [5.41, 5.74) is 4.63. The number of imidazole rings is 1. The van der Waals surface area contributed by atoms with E-state index in [4.69, 9.17) is 14.6 Å². The fraction of sp³-hybridized carbons (Fsp3) is 0.308. The molecule has 2 aromatic carbocycles. The number of hydrogen-bond acceptors (Lipinski definition) is 5. The van der Waals surface area contributed by atoms with E-state index in [1.165, 1.54) is 12.1 Å². The second kappa shape index (κ2) is 8.48. The Balaban J connectivity index is 1.48. The molecular weight excluding hydrogens is 419 g/mol. The average Bonchev–Trinajstić information content (AvgIpc) is 3.26. The molecule has 0 bridgehead atoms. The lowest BCUT2D eigenvalue weighted by atomic mass is 9.85. The smallest absolute Gasteiger partial charge is 0.152 e. The topological polar surface area (TPSA) is 51.9 Å². The maximum atomic E-state index is 13.5. The predicted molar refractivity (Wildman–Crippen MR) is 126 cm³/mol. The summed E-state index contributed by atoms with van der Waals surface area (Å²) in [5.74, 6) is 1.37. The van der Waals surface area contributed by atoms with Crippen molar-refractivity contribution in [2.24, 2.45) is 4.99 Å². The van der Waals surface area contributed by atoms with Crippen LogP contribution in [0.4, 0.5) is 4.39 Å². The van der Waals surface area contributed by atoms with Gasteiger partial charge in [0, 0.05) is 19.2 Å². The number of amidine groups is 1. The summed E-state index contributed by atoms with van der Waals surface area (Å²) in [6.45, 7) is 5.33. The van der Waals surface area contributed by atoms with Crippen LogP contribution < -0.4 is 4.74 Å². The van der Waals surface area contributed by atoms with Crippen molar-refractivity contribution in [2.75, 3.05) is 20.3 Å². The first kappa shape index (κ1) is 21.4. The van der Waals surface area contributed by atoms with Gasteiger partial charge in [-0.15, -0.1) is 0 Å². The molecule has 1 saturated heterocycles. The Morgan fingerprint density at radius 1 is 1.18 bits per heavy atom. The Labute approximate surface area is 192 Å². The molecule has 1 fully saturated rings. The molecule has 1 unspecified atom stereocenters. The van der Waals surface area contributed by atoms with Crippen LogP contribution in [0.5, 0.6) is 5.75 Å². The largest absolute Gasteiger partial charge is 0.495 e. The minimum Gasteiger partial charge on any atom is -0.495 e. The lowest BCUT2D eigenvalue weighted by molar-refractivity contribution is -0.177. The van der Waals surface area contributed by atoms with Crippen LogP contribution in [-0.4, -0.2) is 40.7 Å². The van der Waals surface area contributed by atoms with Gasteiger partial charge < -0.3 is 9.30 Å². The molecule has 3 aromatic rings. The molecule has 7 heteroatoms. The molecule has 1 aromatic heterocycles. The van der Waals surface area contributed by atoms with Crippen molar-refractivity contribution in [3.05, 3.63) is 83.2 Å². The monoisotopic (exact) mass is 446 g/mol. The number of benzene rings is 2. The van der Waals surface area contributed by atoms with Crippen molar-refractivity contribution >= 4 is 11.9 Å². The van der Waals surface area contributed by atoms with Crippen molar-refractivity contribution in [3.63, 3.8) is 0 Å². The fourth-order valence-electron chi connectivity index (χ4n) is 4.53. The van der Waals surface area contributed by atoms with E-state index in [1.807, 2.05) is 47.0 Å². The van der Waals surface area contributed by atoms with Crippen LogP contribution in [0, 0.1) is 12.7 Å². The first-order valence-electron chi connectivity index (χ1n) is 11.1. The van der Waals surface area contributed by atoms with E-state index in [1.54, 1.807) is 13.4 Å². The zero-order valence-corrected chi connectivity index (χ0v) is 19.1. The van der Waals surface area contributed by atoms with Crippen molar-refractivity contribution in [1.29, 1.82) is 0 Å². The number of aryl methyl sites for hydroxylation is 1. The van der Waals surface area contributed by atoms with Gasteiger partial charge in [-0.3, -0.25) is 9.83 Å². The summed E-state index contributed by atoms with van der Waals surface area (Å²) < 4.78 is 21.2. The first-order valence-corrected chi connectivity index (χ1v) is 11.1. The predicted octanol–water partition coefficient (Wildman–Crippen LogP) is 5.07. The number of fused-ring (bicyclic) bond motifs is 1. The molecule has 170 valence electrons. The maximum Gasteiger partial charge on any atom is 0.152 e. The minimum atomic E-state index is -0.412. The van der Waals surface area contributed by atoms with Gasteiger partial charge in [0.05, 0.1) is 37.0 Å². The third-order valence-corrected chi connectivity index (χ3v) is 6.38. The zero-order chi connectivity index (χ0) is 23.0. The number of aromatic nitrogens is 2. The van der Waals surface area contributed by atoms with Crippen LogP contribution in [0.1, 0.15) is 36.6 Å². The van der Waals surface area contributed by atoms with Crippen molar-refractivity contribution < 1.29 is 14.0 Å². The summed E-state index contributed by atoms with van der Waals surface area (Å²) in [6, 6.07) is 12.8. The Morgan fingerprint density at radius 3 is 2.73 bits per heavy atom. The van der Waals surface area contributed by atoms with Crippen LogP contribution in [0.2, 0.25) is 0 Å². The molecule has 0 N–H and O–H groups in total. The summed E-state index contributed by atoms with van der Waals surface area (Å²) >= 11 is 0. The number of methoxy groups -OCH3 is 1. The SMILES string of the molecule is COc1cc(C=C2CCON3C2=NCCC3(C)c2ccc(F)cc2)ccc1-n1cnc(C)c1. The van der Waals surface area contributed by atoms with Gasteiger partial charge in [0.15, 0.2) is 5.84 Å². The van der Waals surface area contributed by atoms with Gasteiger partial charge in [0.25, 0.3) is 0 Å². The highest BCUT2D eigenvalue weighted by Gasteiger charge is 2.42. The highest BCUT2D eigenvalue weighted by atomic mass is 19.1. The number of aliphatic imine (C=N–C) groups is 1. The number of rotatable bonds is 4. The molecule has 5 rings (SSSR count). The molecule has 6 nitrogen and oxygen atoms in total. The molecule has 0 saturated carbocycles. The molecule has 0 spiro atoms. The van der Waals surface area contributed by atoms with Gasteiger partial charge >= 0.3 is 0 Å². The number of nitrogens with zero attached hydrogens (tertiary/aromatic N) is 4. The van der Waals surface area contributed by atoms with Gasteiger partial charge in [0.2, 0.25) is 0 Å². The summed E-state index contributed by atoms with van der Waals surface area (Å²) in [6.07, 6.45) is 7.46. The van der Waals surface area contributed by atoms with E-state index < -0.39 is 5.54 Å². The second-order valence-corrected chi connectivity index (χ2v) is 8.64. The Bertz CT molecular complexity index is 1230. The lowest BCUT2D eigenvalue weighted by Gasteiger charge is -2.47. The molecule has 2 aliphatic heterocycles. The van der Waals surface area contributed by atoms with Gasteiger partial charge in [-0.05, 0) is 67.3 Å². The molecule has 1 atom stereocenters. The molecule has 2 aliphatic rings. The Kier molecular flexibility index (Phi) is 5.50. The van der Waals surface area contributed by atoms with Crippen LogP contribution in [-0.2, 0) is 10.4 Å². The third-order valence-electron chi connectivity index (χ3n) is 6.38. The standard InChI is InChI=1S/C26H27FN4O2/c1-18-16-30(17-29-18)23-9-4-19(15-24(23)32-3)14-20-10-13-33-31-25(20)28-12-11-26(31,2)21-5-7-22(27)8-6-21/h4-9,14-17H,10-13H2,1-3H3. The van der Waals surface area contributed by atoms with E-state index in [0.29, 0.717) is 13.2 Å². The molecule has 0 aliphatic carbocycles. The van der Waals surface area contributed by atoms with E-state index in [2.05, 4.69) is 24.1 Å². The van der Waals surface area contributed by atoms with Gasteiger partial charge in [-0.25, -0.2) is 14.4 Å². The fourth-order valence-corrected chi connectivity index (χ4v) is 4.53. The maximum absolute atomic E-state index is 13.5. The summed E-state index contributed by atoms with van der Waals surface area (Å²) in [7, 11) is 1.68.